The van der Waals surface area contributed by atoms with Gasteiger partial charge in [-0.1, -0.05) is 41.9 Å². The third-order valence-electron chi connectivity index (χ3n) is 5.93. The van der Waals surface area contributed by atoms with Gasteiger partial charge in [-0.2, -0.15) is 0 Å². The summed E-state index contributed by atoms with van der Waals surface area (Å²) in [5, 5.41) is 0.377. The molecule has 0 bridgehead atoms. The molecule has 0 aromatic heterocycles. The van der Waals surface area contributed by atoms with Crippen LogP contribution < -0.4 is 19.3 Å². The Hall–Kier alpha value is -3.16. The van der Waals surface area contributed by atoms with E-state index in [9.17, 15) is 9.59 Å². The number of anilines is 2. The number of hydrogen-bond donors (Lipinski definition) is 0. The van der Waals surface area contributed by atoms with Gasteiger partial charge in [-0.05, 0) is 42.0 Å². The molecule has 168 valence electrons. The lowest BCUT2D eigenvalue weighted by molar-refractivity contribution is -0.123. The molecular weight excluding hydrogens is 460 g/mol. The Morgan fingerprint density at radius 2 is 1.82 bits per heavy atom. The Labute approximate surface area is 201 Å². The first-order chi connectivity index (χ1) is 16.0. The maximum atomic E-state index is 14.1. The Morgan fingerprint density at radius 3 is 2.58 bits per heavy atom. The molecule has 2 aliphatic heterocycles. The van der Waals surface area contributed by atoms with Gasteiger partial charge in [0, 0.05) is 11.3 Å². The van der Waals surface area contributed by atoms with Crippen LogP contribution >= 0.6 is 23.4 Å². The second-order valence-electron chi connectivity index (χ2n) is 7.74. The molecule has 33 heavy (non-hydrogen) atoms. The van der Waals surface area contributed by atoms with Crippen molar-refractivity contribution in [1.29, 1.82) is 0 Å². The van der Waals surface area contributed by atoms with E-state index >= 15 is 0 Å². The Balaban J connectivity index is 1.61. The molecule has 3 aromatic rings. The second-order valence-corrected chi connectivity index (χ2v) is 9.32. The molecule has 5 rings (SSSR count). The van der Waals surface area contributed by atoms with Crippen molar-refractivity contribution in [2.24, 2.45) is 0 Å². The fourth-order valence-electron chi connectivity index (χ4n) is 4.46. The highest BCUT2D eigenvalue weighted by atomic mass is 35.5. The van der Waals surface area contributed by atoms with Crippen LogP contribution in [0.2, 0.25) is 5.02 Å². The summed E-state index contributed by atoms with van der Waals surface area (Å²) in [5.74, 6) is 1.12. The highest BCUT2D eigenvalue weighted by Gasteiger charge is 2.60. The number of halogens is 1. The summed E-state index contributed by atoms with van der Waals surface area (Å²) >= 11 is 7.71. The fourth-order valence-corrected chi connectivity index (χ4v) is 6.07. The summed E-state index contributed by atoms with van der Waals surface area (Å²) in [6.45, 7) is 0.362. The first-order valence-electron chi connectivity index (χ1n) is 10.3. The number of carbonyl (C=O) groups is 2. The number of benzene rings is 3. The molecule has 0 saturated carbocycles. The zero-order chi connectivity index (χ0) is 23.2. The minimum Gasteiger partial charge on any atom is -0.497 e. The number of amides is 2. The van der Waals surface area contributed by atoms with E-state index in [0.717, 1.165) is 22.6 Å². The third-order valence-corrected chi connectivity index (χ3v) is 7.61. The van der Waals surface area contributed by atoms with Gasteiger partial charge in [0.25, 0.3) is 5.91 Å². The van der Waals surface area contributed by atoms with Crippen molar-refractivity contribution in [2.45, 2.75) is 11.4 Å². The number of rotatable bonds is 5. The fraction of sp³-hybridized carbons (Fsp3) is 0.200. The van der Waals surface area contributed by atoms with Crippen LogP contribution in [-0.2, 0) is 21.0 Å². The molecule has 1 fully saturated rings. The Bertz CT molecular complexity index is 1270. The standard InChI is InChI=1S/C25H21ClN2O4S/c1-31-18-7-5-6-16(12-18)14-27-21-9-4-3-8-19(21)25(24(27)30)28(23(29)15-33-25)17-10-11-22(32-2)20(26)13-17/h3-13H,14-15H2,1-2H3/t25-/m1/s1. The first-order valence-corrected chi connectivity index (χ1v) is 11.7. The third kappa shape index (κ3) is 3.34. The van der Waals surface area contributed by atoms with Crippen LogP contribution in [0.1, 0.15) is 11.1 Å². The molecule has 2 aliphatic rings. The summed E-state index contributed by atoms with van der Waals surface area (Å²) in [4.78, 5) is 29.4. The van der Waals surface area contributed by atoms with Gasteiger partial charge in [-0.3, -0.25) is 14.5 Å². The quantitative estimate of drug-likeness (QED) is 0.523. The monoisotopic (exact) mass is 480 g/mol. The highest BCUT2D eigenvalue weighted by molar-refractivity contribution is 8.02. The Morgan fingerprint density at radius 1 is 1.00 bits per heavy atom. The maximum absolute atomic E-state index is 14.1. The molecule has 0 radical (unpaired) electrons. The summed E-state index contributed by atoms with van der Waals surface area (Å²) in [6, 6.07) is 20.4. The Kier molecular flexibility index (Phi) is 5.46. The number of methoxy groups -OCH3 is 2. The van der Waals surface area contributed by atoms with E-state index in [1.807, 2.05) is 48.5 Å². The first kappa shape index (κ1) is 21.7. The molecule has 1 atom stereocenters. The van der Waals surface area contributed by atoms with Gasteiger partial charge in [0.05, 0.1) is 37.2 Å². The van der Waals surface area contributed by atoms with Gasteiger partial charge in [0.2, 0.25) is 10.8 Å². The number of carbonyl (C=O) groups excluding carboxylic acids is 2. The molecule has 1 saturated heterocycles. The van der Waals surface area contributed by atoms with Crippen molar-refractivity contribution in [3.8, 4) is 11.5 Å². The zero-order valence-corrected chi connectivity index (χ0v) is 19.7. The normalized spacial score (nSPS) is 19.4. The predicted molar refractivity (Wildman–Crippen MR) is 130 cm³/mol. The minimum atomic E-state index is -1.19. The lowest BCUT2D eigenvalue weighted by Crippen LogP contribution is -2.49. The van der Waals surface area contributed by atoms with Gasteiger partial charge in [0.15, 0.2) is 0 Å². The highest BCUT2D eigenvalue weighted by Crippen LogP contribution is 2.56. The zero-order valence-electron chi connectivity index (χ0n) is 18.1. The van der Waals surface area contributed by atoms with Crippen LogP contribution in [0.3, 0.4) is 0 Å². The summed E-state index contributed by atoms with van der Waals surface area (Å²) in [5.41, 5.74) is 3.07. The van der Waals surface area contributed by atoms with Crippen LogP contribution in [0.15, 0.2) is 66.7 Å². The number of thioether (sulfide) groups is 1. The molecular formula is C25H21ClN2O4S. The average molecular weight is 481 g/mol. The number of hydrogen-bond acceptors (Lipinski definition) is 5. The van der Waals surface area contributed by atoms with E-state index in [-0.39, 0.29) is 17.6 Å². The van der Waals surface area contributed by atoms with Gasteiger partial charge in [-0.25, -0.2) is 0 Å². The number of ether oxygens (including phenoxy) is 2. The molecule has 2 heterocycles. The van der Waals surface area contributed by atoms with Gasteiger partial charge < -0.3 is 14.4 Å². The van der Waals surface area contributed by atoms with E-state index in [0.29, 0.717) is 23.0 Å². The van der Waals surface area contributed by atoms with Crippen LogP contribution in [0.25, 0.3) is 0 Å². The maximum Gasteiger partial charge on any atom is 0.269 e. The number of fused-ring (bicyclic) bond motifs is 2. The van der Waals surface area contributed by atoms with Crippen molar-refractivity contribution in [3.63, 3.8) is 0 Å². The van der Waals surface area contributed by atoms with E-state index < -0.39 is 4.87 Å². The molecule has 0 aliphatic carbocycles. The molecule has 6 nitrogen and oxygen atoms in total. The van der Waals surface area contributed by atoms with Crippen LogP contribution in [0.5, 0.6) is 11.5 Å². The summed E-state index contributed by atoms with van der Waals surface area (Å²) in [7, 11) is 3.15. The lowest BCUT2D eigenvalue weighted by atomic mass is 10.0. The molecule has 2 amide bonds. The topological polar surface area (TPSA) is 59.1 Å². The lowest BCUT2D eigenvalue weighted by Gasteiger charge is -2.33. The molecule has 0 unspecified atom stereocenters. The molecule has 1 spiro atoms. The van der Waals surface area contributed by atoms with Crippen molar-refractivity contribution in [3.05, 3.63) is 82.9 Å². The number of para-hydroxylation sites is 1. The summed E-state index contributed by atoms with van der Waals surface area (Å²) in [6.07, 6.45) is 0. The molecule has 3 aromatic carbocycles. The molecule has 0 N–H and O–H groups in total. The van der Waals surface area contributed by atoms with Crippen LogP contribution in [-0.4, -0.2) is 31.8 Å². The largest absolute Gasteiger partial charge is 0.497 e. The van der Waals surface area contributed by atoms with Crippen LogP contribution in [0, 0.1) is 0 Å². The molecule has 8 heteroatoms. The van der Waals surface area contributed by atoms with E-state index in [2.05, 4.69) is 0 Å². The van der Waals surface area contributed by atoms with Crippen molar-refractivity contribution >= 4 is 46.6 Å². The second kappa shape index (κ2) is 8.32. The van der Waals surface area contributed by atoms with Gasteiger partial charge in [-0.15, -0.1) is 11.8 Å². The SMILES string of the molecule is COc1cccc(CN2C(=O)[C@]3(SCC(=O)N3c3ccc(OC)c(Cl)c3)c3ccccc32)c1. The average Bonchev–Trinajstić information content (AvgIpc) is 3.30. The van der Waals surface area contributed by atoms with Gasteiger partial charge >= 0.3 is 0 Å². The van der Waals surface area contributed by atoms with E-state index in [1.54, 1.807) is 35.1 Å². The van der Waals surface area contributed by atoms with Crippen molar-refractivity contribution < 1.29 is 19.1 Å². The van der Waals surface area contributed by atoms with Crippen molar-refractivity contribution in [1.82, 2.24) is 0 Å². The van der Waals surface area contributed by atoms with E-state index in [1.165, 1.54) is 18.9 Å². The smallest absolute Gasteiger partial charge is 0.269 e. The van der Waals surface area contributed by atoms with Crippen LogP contribution in [0.4, 0.5) is 11.4 Å². The minimum absolute atomic E-state index is 0.146. The summed E-state index contributed by atoms with van der Waals surface area (Å²) < 4.78 is 10.6. The van der Waals surface area contributed by atoms with E-state index in [4.69, 9.17) is 21.1 Å². The number of nitrogens with zero attached hydrogens (tertiary/aromatic N) is 2. The van der Waals surface area contributed by atoms with Gasteiger partial charge in [0.1, 0.15) is 11.5 Å². The predicted octanol–water partition coefficient (Wildman–Crippen LogP) is 4.84. The van der Waals surface area contributed by atoms with Crippen molar-refractivity contribution in [2.75, 3.05) is 29.8 Å².